The maximum absolute atomic E-state index is 12.0. The molecule has 110 valence electrons. The Bertz CT molecular complexity index is 483. The van der Waals surface area contributed by atoms with E-state index < -0.39 is 6.04 Å². The molecule has 3 nitrogen and oxygen atoms in total. The summed E-state index contributed by atoms with van der Waals surface area (Å²) in [6, 6.07) is 7.98. The number of amides is 1. The van der Waals surface area contributed by atoms with E-state index in [4.69, 9.17) is 5.73 Å². The van der Waals surface area contributed by atoms with Gasteiger partial charge in [0.15, 0.2) is 0 Å². The third-order valence-electron chi connectivity index (χ3n) is 4.37. The van der Waals surface area contributed by atoms with Crippen LogP contribution in [0.4, 0.5) is 0 Å². The molecule has 0 heterocycles. The van der Waals surface area contributed by atoms with Gasteiger partial charge in [-0.25, -0.2) is 0 Å². The number of hydrogen-bond donors (Lipinski definition) is 2. The van der Waals surface area contributed by atoms with Crippen LogP contribution in [0.5, 0.6) is 0 Å². The van der Waals surface area contributed by atoms with Gasteiger partial charge in [-0.15, -0.1) is 0 Å². The lowest BCUT2D eigenvalue weighted by Gasteiger charge is -2.43. The van der Waals surface area contributed by atoms with Crippen LogP contribution in [0.25, 0.3) is 0 Å². The van der Waals surface area contributed by atoms with E-state index in [0.29, 0.717) is 6.54 Å². The molecule has 0 bridgehead atoms. The molecule has 1 atom stereocenters. The third kappa shape index (κ3) is 3.23. The van der Waals surface area contributed by atoms with E-state index in [1.165, 1.54) is 12.0 Å². The van der Waals surface area contributed by atoms with E-state index >= 15 is 0 Å². The van der Waals surface area contributed by atoms with Crippen LogP contribution in [-0.2, 0) is 10.2 Å². The molecule has 0 radical (unpaired) electrons. The van der Waals surface area contributed by atoms with E-state index in [1.807, 2.05) is 19.9 Å². The lowest BCUT2D eigenvalue weighted by atomic mass is 9.64. The Labute approximate surface area is 129 Å². The molecule has 0 unspecified atom stereocenters. The molecule has 1 aromatic rings. The van der Waals surface area contributed by atoms with Gasteiger partial charge in [-0.05, 0) is 36.5 Å². The van der Waals surface area contributed by atoms with Gasteiger partial charge >= 0.3 is 0 Å². The van der Waals surface area contributed by atoms with E-state index in [2.05, 4.69) is 39.4 Å². The molecule has 1 amide bonds. The number of halogens is 1. The van der Waals surface area contributed by atoms with Crippen molar-refractivity contribution in [1.82, 2.24) is 5.32 Å². The molecule has 0 aromatic heterocycles. The van der Waals surface area contributed by atoms with Crippen molar-refractivity contribution in [2.75, 3.05) is 6.54 Å². The molecule has 0 spiro atoms. The van der Waals surface area contributed by atoms with Gasteiger partial charge in [-0.3, -0.25) is 4.79 Å². The van der Waals surface area contributed by atoms with Crippen LogP contribution < -0.4 is 11.1 Å². The summed E-state index contributed by atoms with van der Waals surface area (Å²) in [5.41, 5.74) is 7.29. The Kier molecular flexibility index (Phi) is 4.86. The largest absolute Gasteiger partial charge is 0.354 e. The number of nitrogens with two attached hydrogens (primary N) is 1. The first-order chi connectivity index (χ1) is 9.44. The lowest BCUT2D eigenvalue weighted by molar-refractivity contribution is -0.123. The molecular formula is C16H23BrN2O. The molecule has 1 fully saturated rings. The molecule has 4 heteroatoms. The van der Waals surface area contributed by atoms with E-state index in [0.717, 1.165) is 17.3 Å². The van der Waals surface area contributed by atoms with Crippen molar-refractivity contribution >= 4 is 21.8 Å². The summed E-state index contributed by atoms with van der Waals surface area (Å²) in [6.07, 6.45) is 3.47. The van der Waals surface area contributed by atoms with Crippen LogP contribution >= 0.6 is 15.9 Å². The zero-order valence-corrected chi connectivity index (χ0v) is 13.7. The molecule has 1 aliphatic carbocycles. The van der Waals surface area contributed by atoms with Gasteiger partial charge in [0.2, 0.25) is 5.91 Å². The van der Waals surface area contributed by atoms with Gasteiger partial charge in [-0.2, -0.15) is 0 Å². The Morgan fingerprint density at radius 3 is 2.65 bits per heavy atom. The first-order valence-electron chi connectivity index (χ1n) is 7.24. The van der Waals surface area contributed by atoms with Crippen LogP contribution in [0.1, 0.15) is 38.7 Å². The van der Waals surface area contributed by atoms with Crippen LogP contribution in [-0.4, -0.2) is 18.5 Å². The van der Waals surface area contributed by atoms with Crippen molar-refractivity contribution in [2.24, 2.45) is 11.7 Å². The van der Waals surface area contributed by atoms with Gasteiger partial charge in [0, 0.05) is 16.4 Å². The van der Waals surface area contributed by atoms with Gasteiger partial charge in [0.05, 0.1) is 6.04 Å². The van der Waals surface area contributed by atoms with Crippen molar-refractivity contribution < 1.29 is 4.79 Å². The summed E-state index contributed by atoms with van der Waals surface area (Å²) < 4.78 is 1.09. The Morgan fingerprint density at radius 1 is 1.45 bits per heavy atom. The molecule has 2 rings (SSSR count). The fourth-order valence-electron chi connectivity index (χ4n) is 2.67. The van der Waals surface area contributed by atoms with Crippen LogP contribution in [0.15, 0.2) is 28.7 Å². The van der Waals surface area contributed by atoms with Crippen molar-refractivity contribution in [3.63, 3.8) is 0 Å². The number of benzene rings is 1. The van der Waals surface area contributed by atoms with Gasteiger partial charge < -0.3 is 11.1 Å². The van der Waals surface area contributed by atoms with Crippen molar-refractivity contribution in [3.05, 3.63) is 34.3 Å². The third-order valence-corrected chi connectivity index (χ3v) is 4.86. The Hall–Kier alpha value is -0.870. The van der Waals surface area contributed by atoms with E-state index in [1.54, 1.807) is 0 Å². The summed E-state index contributed by atoms with van der Waals surface area (Å²) >= 11 is 3.52. The highest BCUT2D eigenvalue weighted by molar-refractivity contribution is 9.10. The SMILES string of the molecule is CC(C)[C@H](N)C(=O)NCC1(c2cccc(Br)c2)CCC1. The topological polar surface area (TPSA) is 55.1 Å². The minimum atomic E-state index is -0.422. The van der Waals surface area contributed by atoms with Crippen molar-refractivity contribution in [3.8, 4) is 0 Å². The average Bonchev–Trinajstić information content (AvgIpc) is 2.36. The predicted octanol–water partition coefficient (Wildman–Crippen LogP) is 2.97. The fraction of sp³-hybridized carbons (Fsp3) is 0.562. The highest BCUT2D eigenvalue weighted by Crippen LogP contribution is 2.43. The first-order valence-corrected chi connectivity index (χ1v) is 8.03. The Morgan fingerprint density at radius 2 is 2.15 bits per heavy atom. The molecule has 1 aromatic carbocycles. The van der Waals surface area contributed by atoms with Gasteiger partial charge in [0.25, 0.3) is 0 Å². The second-order valence-corrected chi connectivity index (χ2v) is 7.05. The van der Waals surface area contributed by atoms with Crippen LogP contribution in [0.3, 0.4) is 0 Å². The number of carbonyl (C=O) groups excluding carboxylic acids is 1. The molecule has 20 heavy (non-hydrogen) atoms. The highest BCUT2D eigenvalue weighted by atomic mass is 79.9. The van der Waals surface area contributed by atoms with Crippen molar-refractivity contribution in [1.29, 1.82) is 0 Å². The number of hydrogen-bond acceptors (Lipinski definition) is 2. The summed E-state index contributed by atoms with van der Waals surface area (Å²) in [4.78, 5) is 12.0. The number of nitrogens with one attached hydrogen (secondary N) is 1. The van der Waals surface area contributed by atoms with Gasteiger partial charge in [-0.1, -0.05) is 48.3 Å². The standard InChI is InChI=1S/C16H23BrN2O/c1-11(2)14(18)15(20)19-10-16(7-4-8-16)12-5-3-6-13(17)9-12/h3,5-6,9,11,14H,4,7-8,10,18H2,1-2H3,(H,19,20)/t14-/m0/s1. The summed E-state index contributed by atoms with van der Waals surface area (Å²) in [5, 5.41) is 3.05. The number of carbonyl (C=O) groups is 1. The molecule has 1 saturated carbocycles. The molecule has 3 N–H and O–H groups in total. The van der Waals surface area contributed by atoms with Gasteiger partial charge in [0.1, 0.15) is 0 Å². The minimum Gasteiger partial charge on any atom is -0.354 e. The summed E-state index contributed by atoms with van der Waals surface area (Å²) in [7, 11) is 0. The summed E-state index contributed by atoms with van der Waals surface area (Å²) in [5.74, 6) is 0.125. The maximum Gasteiger partial charge on any atom is 0.237 e. The highest BCUT2D eigenvalue weighted by Gasteiger charge is 2.39. The maximum atomic E-state index is 12.0. The van der Waals surface area contributed by atoms with Crippen LogP contribution in [0.2, 0.25) is 0 Å². The lowest BCUT2D eigenvalue weighted by Crippen LogP contribution is -2.51. The second kappa shape index (κ2) is 6.27. The first kappa shape index (κ1) is 15.5. The molecular weight excluding hydrogens is 316 g/mol. The van der Waals surface area contributed by atoms with Crippen molar-refractivity contribution in [2.45, 2.75) is 44.6 Å². The average molecular weight is 339 g/mol. The zero-order valence-electron chi connectivity index (χ0n) is 12.2. The van der Waals surface area contributed by atoms with E-state index in [9.17, 15) is 4.79 Å². The monoisotopic (exact) mass is 338 g/mol. The second-order valence-electron chi connectivity index (χ2n) is 6.13. The van der Waals surface area contributed by atoms with Crippen LogP contribution in [0, 0.1) is 5.92 Å². The smallest absolute Gasteiger partial charge is 0.237 e. The predicted molar refractivity (Wildman–Crippen MR) is 85.5 cm³/mol. The summed E-state index contributed by atoms with van der Waals surface area (Å²) in [6.45, 7) is 4.62. The fourth-order valence-corrected chi connectivity index (χ4v) is 3.07. The zero-order chi connectivity index (χ0) is 14.8. The molecule has 0 aliphatic heterocycles. The minimum absolute atomic E-state index is 0.0405. The van der Waals surface area contributed by atoms with E-state index in [-0.39, 0.29) is 17.2 Å². The molecule has 0 saturated heterocycles. The molecule has 1 aliphatic rings. The normalized spacial score (nSPS) is 18.4. The Balaban J connectivity index is 2.04. The quantitative estimate of drug-likeness (QED) is 0.867. The number of rotatable bonds is 5.